The van der Waals surface area contributed by atoms with Crippen LogP contribution in [-0.2, 0) is 24.0 Å². The van der Waals surface area contributed by atoms with Crippen molar-refractivity contribution < 1.29 is 24.0 Å². The molecule has 0 fully saturated rings. The molecule has 0 saturated carbocycles. The molecule has 0 N–H and O–H groups in total. The number of carbonyl (C=O) groups excluding carboxylic acids is 3. The summed E-state index contributed by atoms with van der Waals surface area (Å²) in [6, 6.07) is 0. The summed E-state index contributed by atoms with van der Waals surface area (Å²) < 4.78 is 5.67. The first-order chi connectivity index (χ1) is 9.68. The van der Waals surface area contributed by atoms with E-state index < -0.39 is 17.5 Å². The maximum atomic E-state index is 11.8. The third-order valence-corrected chi connectivity index (χ3v) is 2.82. The molecule has 0 saturated heterocycles. The van der Waals surface area contributed by atoms with Crippen molar-refractivity contribution in [2.45, 2.75) is 59.0 Å². The lowest BCUT2D eigenvalue weighted by molar-refractivity contribution is -0.196. The average molecular weight is 301 g/mol. The van der Waals surface area contributed by atoms with Gasteiger partial charge in [-0.05, 0) is 26.2 Å². The summed E-state index contributed by atoms with van der Waals surface area (Å²) in [6.45, 7) is 8.40. The first-order valence-corrected chi connectivity index (χ1v) is 7.23. The molecule has 0 aromatic carbocycles. The molecular formula is C15H27NO5. The van der Waals surface area contributed by atoms with E-state index in [1.165, 1.54) is 7.05 Å². The van der Waals surface area contributed by atoms with Gasteiger partial charge in [0.15, 0.2) is 0 Å². The Kier molecular flexibility index (Phi) is 8.85. The van der Waals surface area contributed by atoms with Gasteiger partial charge in [-0.2, -0.15) is 5.06 Å². The van der Waals surface area contributed by atoms with Gasteiger partial charge in [-0.3, -0.25) is 4.79 Å². The Labute approximate surface area is 126 Å². The molecule has 0 spiro atoms. The summed E-state index contributed by atoms with van der Waals surface area (Å²) in [5.41, 5.74) is -0.640. The Morgan fingerprint density at radius 2 is 1.90 bits per heavy atom. The van der Waals surface area contributed by atoms with Gasteiger partial charge in [-0.25, -0.2) is 4.79 Å². The Balaban J connectivity index is 4.15. The van der Waals surface area contributed by atoms with E-state index in [1.807, 2.05) is 13.8 Å². The van der Waals surface area contributed by atoms with Crippen LogP contribution in [0.4, 0.5) is 0 Å². The van der Waals surface area contributed by atoms with Crippen LogP contribution in [0.25, 0.3) is 0 Å². The monoisotopic (exact) mass is 301 g/mol. The second kappa shape index (κ2) is 9.50. The molecule has 0 aromatic rings. The molecular weight excluding hydrogens is 274 g/mol. The van der Waals surface area contributed by atoms with E-state index in [2.05, 4.69) is 13.8 Å². The summed E-state index contributed by atoms with van der Waals surface area (Å²) in [7, 11) is 1.36. The van der Waals surface area contributed by atoms with Gasteiger partial charge < -0.3 is 14.4 Å². The van der Waals surface area contributed by atoms with Gasteiger partial charge in [0.05, 0.1) is 12.0 Å². The quantitative estimate of drug-likeness (QED) is 0.482. The van der Waals surface area contributed by atoms with Crippen LogP contribution in [0.1, 0.15) is 53.4 Å². The van der Waals surface area contributed by atoms with Crippen molar-refractivity contribution in [3.8, 4) is 0 Å². The standard InChI is InChI=1S/C15H27NO5/c1-12(2)8-10-20-15(3,4)11-14(19)21-16(5)13(18)7-6-9-17/h9,12H,6-8,10-11H2,1-5H3. The van der Waals surface area contributed by atoms with Gasteiger partial charge in [0.2, 0.25) is 0 Å². The fourth-order valence-electron chi connectivity index (χ4n) is 1.55. The van der Waals surface area contributed by atoms with Gasteiger partial charge in [0.1, 0.15) is 6.29 Å². The molecule has 122 valence electrons. The lowest BCUT2D eigenvalue weighted by Gasteiger charge is -2.25. The Morgan fingerprint density at radius 1 is 1.29 bits per heavy atom. The molecule has 0 aliphatic rings. The van der Waals surface area contributed by atoms with Crippen molar-refractivity contribution in [3.05, 3.63) is 0 Å². The number of hydrogen-bond donors (Lipinski definition) is 0. The molecule has 0 aliphatic heterocycles. The second-order valence-electron chi connectivity index (χ2n) is 6.03. The van der Waals surface area contributed by atoms with E-state index in [1.54, 1.807) is 0 Å². The lowest BCUT2D eigenvalue weighted by atomic mass is 10.1. The summed E-state index contributed by atoms with van der Waals surface area (Å²) >= 11 is 0. The van der Waals surface area contributed by atoms with Crippen LogP contribution in [0.2, 0.25) is 0 Å². The maximum absolute atomic E-state index is 11.8. The van der Waals surface area contributed by atoms with E-state index in [9.17, 15) is 14.4 Å². The highest BCUT2D eigenvalue weighted by molar-refractivity contribution is 5.79. The van der Waals surface area contributed by atoms with E-state index in [0.717, 1.165) is 11.5 Å². The molecule has 6 heteroatoms. The topological polar surface area (TPSA) is 72.9 Å². The van der Waals surface area contributed by atoms with Gasteiger partial charge in [0, 0.05) is 26.5 Å². The molecule has 0 radical (unpaired) electrons. The van der Waals surface area contributed by atoms with Crippen LogP contribution in [0.15, 0.2) is 0 Å². The van der Waals surface area contributed by atoms with E-state index in [-0.39, 0.29) is 19.3 Å². The van der Waals surface area contributed by atoms with Crippen LogP contribution in [0, 0.1) is 5.92 Å². The van der Waals surface area contributed by atoms with Crippen LogP contribution < -0.4 is 0 Å². The van der Waals surface area contributed by atoms with E-state index in [4.69, 9.17) is 9.57 Å². The number of amides is 1. The van der Waals surface area contributed by atoms with Crippen LogP contribution >= 0.6 is 0 Å². The molecule has 0 atom stereocenters. The lowest BCUT2D eigenvalue weighted by Crippen LogP contribution is -2.35. The number of nitrogens with zero attached hydrogens (tertiary/aromatic N) is 1. The number of carbonyl (C=O) groups is 3. The van der Waals surface area contributed by atoms with Crippen molar-refractivity contribution in [1.82, 2.24) is 5.06 Å². The van der Waals surface area contributed by atoms with Crippen LogP contribution in [-0.4, -0.2) is 42.5 Å². The molecule has 1 amide bonds. The fraction of sp³-hybridized carbons (Fsp3) is 0.800. The third-order valence-electron chi connectivity index (χ3n) is 2.82. The molecule has 0 unspecified atom stereocenters. The Hall–Kier alpha value is -1.43. The SMILES string of the molecule is CC(C)CCOC(C)(C)CC(=O)ON(C)C(=O)CCC=O. The zero-order chi connectivity index (χ0) is 16.5. The van der Waals surface area contributed by atoms with Gasteiger partial charge in [-0.15, -0.1) is 0 Å². The van der Waals surface area contributed by atoms with E-state index >= 15 is 0 Å². The minimum atomic E-state index is -0.640. The molecule has 21 heavy (non-hydrogen) atoms. The van der Waals surface area contributed by atoms with Gasteiger partial charge in [-0.1, -0.05) is 13.8 Å². The maximum Gasteiger partial charge on any atom is 0.335 e. The zero-order valence-electron chi connectivity index (χ0n) is 13.7. The number of hydrogen-bond acceptors (Lipinski definition) is 5. The largest absolute Gasteiger partial charge is 0.375 e. The molecule has 6 nitrogen and oxygen atoms in total. The highest BCUT2D eigenvalue weighted by atomic mass is 16.7. The van der Waals surface area contributed by atoms with Crippen molar-refractivity contribution >= 4 is 18.2 Å². The second-order valence-corrected chi connectivity index (χ2v) is 6.03. The highest BCUT2D eigenvalue weighted by Gasteiger charge is 2.25. The van der Waals surface area contributed by atoms with Crippen LogP contribution in [0.5, 0.6) is 0 Å². The molecule has 0 heterocycles. The minimum Gasteiger partial charge on any atom is -0.375 e. The molecule has 0 aliphatic carbocycles. The third kappa shape index (κ3) is 10.0. The van der Waals surface area contributed by atoms with Crippen molar-refractivity contribution in [2.75, 3.05) is 13.7 Å². The number of hydroxylamine groups is 2. The Bertz CT molecular complexity index is 352. The number of ether oxygens (including phenoxy) is 1. The number of rotatable bonds is 9. The van der Waals surface area contributed by atoms with E-state index in [0.29, 0.717) is 18.8 Å². The predicted octanol–water partition coefficient (Wildman–Crippen LogP) is 2.11. The summed E-state index contributed by atoms with van der Waals surface area (Å²) in [6.07, 6.45) is 1.77. The fourth-order valence-corrected chi connectivity index (χ4v) is 1.55. The molecule has 0 aromatic heterocycles. The predicted molar refractivity (Wildman–Crippen MR) is 78.3 cm³/mol. The van der Waals surface area contributed by atoms with Gasteiger partial charge >= 0.3 is 5.97 Å². The summed E-state index contributed by atoms with van der Waals surface area (Å²) in [4.78, 5) is 38.4. The minimum absolute atomic E-state index is 0.0293. The Morgan fingerprint density at radius 3 is 2.43 bits per heavy atom. The molecule has 0 bridgehead atoms. The highest BCUT2D eigenvalue weighted by Crippen LogP contribution is 2.17. The van der Waals surface area contributed by atoms with Gasteiger partial charge in [0.25, 0.3) is 5.91 Å². The summed E-state index contributed by atoms with van der Waals surface area (Å²) in [5, 5.41) is 0.871. The molecule has 0 rings (SSSR count). The summed E-state index contributed by atoms with van der Waals surface area (Å²) in [5.74, 6) is -0.408. The zero-order valence-corrected chi connectivity index (χ0v) is 13.7. The number of aldehydes is 1. The first kappa shape index (κ1) is 19.6. The van der Waals surface area contributed by atoms with Crippen molar-refractivity contribution in [2.24, 2.45) is 5.92 Å². The van der Waals surface area contributed by atoms with Crippen molar-refractivity contribution in [3.63, 3.8) is 0 Å². The van der Waals surface area contributed by atoms with Crippen LogP contribution in [0.3, 0.4) is 0 Å². The normalized spacial score (nSPS) is 11.3. The van der Waals surface area contributed by atoms with Crippen molar-refractivity contribution in [1.29, 1.82) is 0 Å². The smallest absolute Gasteiger partial charge is 0.335 e. The average Bonchev–Trinajstić information content (AvgIpc) is 2.33. The first-order valence-electron chi connectivity index (χ1n) is 7.23.